The SMILES string of the molecule is CCOc1ccc(NC(C)=O)cc1S(=O)(=O)N[C@@H](c1ccc2c(c1)OCCO2)C(C)C. The lowest BCUT2D eigenvalue weighted by atomic mass is 9.97. The summed E-state index contributed by atoms with van der Waals surface area (Å²) in [4.78, 5) is 11.4. The van der Waals surface area contributed by atoms with Crippen molar-refractivity contribution >= 4 is 21.6 Å². The van der Waals surface area contributed by atoms with Crippen molar-refractivity contribution in [1.29, 1.82) is 0 Å². The van der Waals surface area contributed by atoms with Gasteiger partial charge < -0.3 is 19.5 Å². The van der Waals surface area contributed by atoms with Gasteiger partial charge in [-0.25, -0.2) is 13.1 Å². The van der Waals surface area contributed by atoms with Crippen molar-refractivity contribution in [3.8, 4) is 17.2 Å². The minimum absolute atomic E-state index is 0.0382. The second-order valence-electron chi connectivity index (χ2n) is 7.52. The number of carbonyl (C=O) groups excluding carboxylic acids is 1. The van der Waals surface area contributed by atoms with Crippen LogP contribution in [0.3, 0.4) is 0 Å². The van der Waals surface area contributed by atoms with Crippen LogP contribution in [0.4, 0.5) is 5.69 Å². The van der Waals surface area contributed by atoms with Gasteiger partial charge in [0.2, 0.25) is 15.9 Å². The first-order valence-electron chi connectivity index (χ1n) is 10.2. The largest absolute Gasteiger partial charge is 0.492 e. The molecule has 0 spiro atoms. The quantitative estimate of drug-likeness (QED) is 0.641. The van der Waals surface area contributed by atoms with Gasteiger partial charge in [0.15, 0.2) is 11.5 Å². The first-order chi connectivity index (χ1) is 14.7. The van der Waals surface area contributed by atoms with E-state index in [9.17, 15) is 13.2 Å². The maximum absolute atomic E-state index is 13.4. The number of hydrogen-bond donors (Lipinski definition) is 2. The second kappa shape index (κ2) is 9.57. The molecule has 0 bridgehead atoms. The molecule has 1 aliphatic heterocycles. The summed E-state index contributed by atoms with van der Waals surface area (Å²) in [6.45, 7) is 8.23. The molecule has 1 aliphatic rings. The fourth-order valence-corrected chi connectivity index (χ4v) is 4.89. The number of rotatable bonds is 8. The van der Waals surface area contributed by atoms with Gasteiger partial charge in [-0.3, -0.25) is 4.79 Å². The lowest BCUT2D eigenvalue weighted by molar-refractivity contribution is -0.114. The predicted octanol–water partition coefficient (Wildman–Crippen LogP) is 3.49. The number of hydrogen-bond acceptors (Lipinski definition) is 6. The Hall–Kier alpha value is -2.78. The van der Waals surface area contributed by atoms with Crippen molar-refractivity contribution in [3.63, 3.8) is 0 Å². The minimum atomic E-state index is -3.98. The number of ether oxygens (including phenoxy) is 3. The molecule has 0 saturated heterocycles. The normalized spacial score (nSPS) is 14.2. The van der Waals surface area contributed by atoms with Crippen LogP contribution in [-0.2, 0) is 14.8 Å². The molecule has 2 aromatic carbocycles. The van der Waals surface area contributed by atoms with E-state index in [1.54, 1.807) is 25.1 Å². The standard InChI is InChI=1S/C22H28N2O6S/c1-5-28-19-9-7-17(23-15(4)25)13-21(19)31(26,27)24-22(14(2)3)16-6-8-18-20(12-16)30-11-10-29-18/h6-9,12-14,22,24H,5,10-11H2,1-4H3,(H,23,25)/t22-/m1/s1. The zero-order valence-electron chi connectivity index (χ0n) is 18.1. The third-order valence-corrected chi connectivity index (χ3v) is 6.19. The monoisotopic (exact) mass is 448 g/mol. The Morgan fingerprint density at radius 3 is 2.45 bits per heavy atom. The Morgan fingerprint density at radius 1 is 1.10 bits per heavy atom. The maximum Gasteiger partial charge on any atom is 0.244 e. The second-order valence-corrected chi connectivity index (χ2v) is 9.20. The summed E-state index contributed by atoms with van der Waals surface area (Å²) >= 11 is 0. The van der Waals surface area contributed by atoms with Gasteiger partial charge >= 0.3 is 0 Å². The zero-order valence-corrected chi connectivity index (χ0v) is 18.9. The van der Waals surface area contributed by atoms with E-state index < -0.39 is 16.1 Å². The van der Waals surface area contributed by atoms with Crippen molar-refractivity contribution in [2.45, 2.75) is 38.6 Å². The molecule has 3 rings (SSSR count). The number of sulfonamides is 1. The molecular weight excluding hydrogens is 420 g/mol. The van der Waals surface area contributed by atoms with Gasteiger partial charge in [0.1, 0.15) is 23.9 Å². The molecule has 0 fully saturated rings. The molecule has 1 atom stereocenters. The molecule has 168 valence electrons. The van der Waals surface area contributed by atoms with Crippen LogP contribution in [0.5, 0.6) is 17.2 Å². The minimum Gasteiger partial charge on any atom is -0.492 e. The van der Waals surface area contributed by atoms with Gasteiger partial charge in [-0.1, -0.05) is 19.9 Å². The van der Waals surface area contributed by atoms with Gasteiger partial charge in [0.05, 0.1) is 6.61 Å². The van der Waals surface area contributed by atoms with Crippen LogP contribution in [0.15, 0.2) is 41.3 Å². The predicted molar refractivity (Wildman–Crippen MR) is 117 cm³/mol. The molecule has 0 aliphatic carbocycles. The summed E-state index contributed by atoms with van der Waals surface area (Å²) < 4.78 is 46.3. The van der Waals surface area contributed by atoms with E-state index in [1.807, 2.05) is 19.9 Å². The van der Waals surface area contributed by atoms with Gasteiger partial charge in [0.25, 0.3) is 0 Å². The smallest absolute Gasteiger partial charge is 0.244 e. The summed E-state index contributed by atoms with van der Waals surface area (Å²) in [6.07, 6.45) is 0. The number of fused-ring (bicyclic) bond motifs is 1. The number of nitrogens with one attached hydrogen (secondary N) is 2. The Morgan fingerprint density at radius 2 is 1.81 bits per heavy atom. The molecule has 0 saturated carbocycles. The Bertz CT molecular complexity index is 1050. The van der Waals surface area contributed by atoms with E-state index in [0.29, 0.717) is 37.0 Å². The molecule has 31 heavy (non-hydrogen) atoms. The summed E-state index contributed by atoms with van der Waals surface area (Å²) in [6, 6.07) is 9.45. The van der Waals surface area contributed by atoms with E-state index >= 15 is 0 Å². The fraction of sp³-hybridized carbons (Fsp3) is 0.409. The summed E-state index contributed by atoms with van der Waals surface area (Å²) in [5, 5.41) is 2.61. The third kappa shape index (κ3) is 5.48. The highest BCUT2D eigenvalue weighted by Gasteiger charge is 2.28. The lowest BCUT2D eigenvalue weighted by Gasteiger charge is -2.26. The molecule has 2 N–H and O–H groups in total. The molecule has 0 unspecified atom stereocenters. The summed E-state index contributed by atoms with van der Waals surface area (Å²) in [5.41, 5.74) is 1.13. The molecule has 0 aromatic heterocycles. The van der Waals surface area contributed by atoms with Crippen LogP contribution in [0.25, 0.3) is 0 Å². The molecule has 8 nitrogen and oxygen atoms in total. The maximum atomic E-state index is 13.4. The average Bonchev–Trinajstić information content (AvgIpc) is 2.72. The molecule has 1 heterocycles. The van der Waals surface area contributed by atoms with Gasteiger partial charge in [-0.15, -0.1) is 0 Å². The lowest BCUT2D eigenvalue weighted by Crippen LogP contribution is -2.32. The highest BCUT2D eigenvalue weighted by Crippen LogP contribution is 2.36. The Labute approximate surface area is 182 Å². The Balaban J connectivity index is 1.97. The van der Waals surface area contributed by atoms with Crippen molar-refractivity contribution in [3.05, 3.63) is 42.0 Å². The fourth-order valence-electron chi connectivity index (χ4n) is 3.35. The third-order valence-electron chi connectivity index (χ3n) is 4.73. The molecule has 2 aromatic rings. The van der Waals surface area contributed by atoms with Crippen molar-refractivity contribution in [2.24, 2.45) is 5.92 Å². The first-order valence-corrected chi connectivity index (χ1v) is 11.7. The van der Waals surface area contributed by atoms with Crippen LogP contribution in [0, 0.1) is 5.92 Å². The molecular formula is C22H28N2O6S. The van der Waals surface area contributed by atoms with Gasteiger partial charge in [-0.2, -0.15) is 0 Å². The van der Waals surface area contributed by atoms with Gasteiger partial charge in [-0.05, 0) is 48.7 Å². The number of anilines is 1. The van der Waals surface area contributed by atoms with Crippen LogP contribution in [0.2, 0.25) is 0 Å². The molecule has 0 radical (unpaired) electrons. The van der Waals surface area contributed by atoms with Gasteiger partial charge in [0, 0.05) is 18.7 Å². The van der Waals surface area contributed by atoms with Crippen LogP contribution < -0.4 is 24.2 Å². The first kappa shape index (κ1) is 22.9. The highest BCUT2D eigenvalue weighted by molar-refractivity contribution is 7.89. The number of amides is 1. The van der Waals surface area contributed by atoms with Crippen LogP contribution in [0.1, 0.15) is 39.3 Å². The van der Waals surface area contributed by atoms with E-state index in [1.165, 1.54) is 19.1 Å². The van der Waals surface area contributed by atoms with E-state index in [0.717, 1.165) is 5.56 Å². The van der Waals surface area contributed by atoms with E-state index in [4.69, 9.17) is 14.2 Å². The summed E-state index contributed by atoms with van der Waals surface area (Å²) in [7, 11) is -3.98. The van der Waals surface area contributed by atoms with Crippen molar-refractivity contribution in [1.82, 2.24) is 4.72 Å². The van der Waals surface area contributed by atoms with Crippen LogP contribution >= 0.6 is 0 Å². The van der Waals surface area contributed by atoms with Crippen molar-refractivity contribution in [2.75, 3.05) is 25.1 Å². The highest BCUT2D eigenvalue weighted by atomic mass is 32.2. The van der Waals surface area contributed by atoms with Crippen molar-refractivity contribution < 1.29 is 27.4 Å². The number of benzene rings is 2. The van der Waals surface area contributed by atoms with E-state index in [-0.39, 0.29) is 22.5 Å². The average molecular weight is 449 g/mol. The zero-order chi connectivity index (χ0) is 22.6. The Kier molecular flexibility index (Phi) is 7.07. The van der Waals surface area contributed by atoms with E-state index in [2.05, 4.69) is 10.0 Å². The topological polar surface area (TPSA) is 103 Å². The van der Waals surface area contributed by atoms with Crippen LogP contribution in [-0.4, -0.2) is 34.1 Å². The number of carbonyl (C=O) groups is 1. The molecule has 9 heteroatoms. The molecule has 1 amide bonds. The summed E-state index contributed by atoms with van der Waals surface area (Å²) in [5.74, 6) is 1.11.